The summed E-state index contributed by atoms with van der Waals surface area (Å²) < 4.78 is 26.3. The molecule has 13 aromatic carbocycles. The molecule has 0 aliphatic heterocycles. The molecular formula is C80H47NO6. The third-order valence-corrected chi connectivity index (χ3v) is 17.1. The van der Waals surface area contributed by atoms with Gasteiger partial charge in [-0.3, -0.25) is 0 Å². The molecule has 5 aromatic heterocycles. The second-order valence-electron chi connectivity index (χ2n) is 22.2. The lowest BCUT2D eigenvalue weighted by Crippen LogP contribution is -2.00. The largest absolute Gasteiger partial charge is 0.456 e. The van der Waals surface area contributed by atoms with Gasteiger partial charge in [0.25, 0.3) is 0 Å². The van der Waals surface area contributed by atoms with Crippen LogP contribution in [0.3, 0.4) is 0 Å². The minimum atomic E-state index is -0.351. The van der Waals surface area contributed by atoms with Crippen LogP contribution in [-0.4, -0.2) is 4.57 Å². The lowest BCUT2D eigenvalue weighted by atomic mass is 9.92. The zero-order valence-electron chi connectivity index (χ0n) is 46.5. The van der Waals surface area contributed by atoms with Crippen molar-refractivity contribution in [3.8, 4) is 61.3 Å². The van der Waals surface area contributed by atoms with E-state index in [-0.39, 0.29) is 11.3 Å². The summed E-state index contributed by atoms with van der Waals surface area (Å²) in [5.74, 6) is 0. The van der Waals surface area contributed by atoms with Crippen LogP contribution in [0.15, 0.2) is 312 Å². The molecule has 87 heavy (non-hydrogen) atoms. The van der Waals surface area contributed by atoms with Crippen molar-refractivity contribution >= 4 is 109 Å². The fraction of sp³-hybridized carbons (Fsp3) is 0. The van der Waals surface area contributed by atoms with Gasteiger partial charge in [-0.2, -0.15) is 0 Å². The Labute approximate surface area is 496 Å². The number of para-hydroxylation sites is 4. The zero-order chi connectivity index (χ0) is 57.7. The summed E-state index contributed by atoms with van der Waals surface area (Å²) in [7, 11) is 0. The molecule has 0 fully saturated rings. The van der Waals surface area contributed by atoms with Crippen LogP contribution in [0.4, 0.5) is 0 Å². The van der Waals surface area contributed by atoms with E-state index in [1.54, 1.807) is 0 Å². The van der Waals surface area contributed by atoms with E-state index in [0.717, 1.165) is 149 Å². The second kappa shape index (κ2) is 19.9. The van der Waals surface area contributed by atoms with Crippen molar-refractivity contribution in [2.45, 2.75) is 0 Å². The molecule has 0 radical (unpaired) electrons. The van der Waals surface area contributed by atoms with Gasteiger partial charge in [0.1, 0.15) is 33.5 Å². The summed E-state index contributed by atoms with van der Waals surface area (Å²) in [4.78, 5) is 26.5. The highest BCUT2D eigenvalue weighted by Crippen LogP contribution is 2.42. The molecule has 7 nitrogen and oxygen atoms in total. The standard InChI is InChI=1S/C43H26O3.C37H21NO3/c44-43-38-25-29(33-23-31(27-10-3-1-4-11-27)22-32(24-33)28-12-5-2-6-13-28)18-20-35(38)36-21-19-30(26-41(36)46-43)34-15-9-17-40-42(34)37-14-7-8-16-39(37)45-40;39-37-31-19-22(14-16-25(31)26-10-4-7-13-35(26)41-37)23-15-17-32-28(18-23)29-20-30-27-11-5-6-12-34(27)40-36(30)21-33(29)38(32)24-8-2-1-3-9-24/h1-26H;1-21H. The van der Waals surface area contributed by atoms with E-state index in [0.29, 0.717) is 21.9 Å². The first-order chi connectivity index (χ1) is 42.9. The average molecular weight is 1120 g/mol. The molecule has 0 aliphatic carbocycles. The Morgan fingerprint density at radius 2 is 0.655 bits per heavy atom. The van der Waals surface area contributed by atoms with Gasteiger partial charge in [0.15, 0.2) is 0 Å². The topological polar surface area (TPSA) is 91.6 Å². The molecule has 0 saturated heterocycles. The van der Waals surface area contributed by atoms with Crippen molar-refractivity contribution in [3.63, 3.8) is 0 Å². The van der Waals surface area contributed by atoms with Crippen molar-refractivity contribution in [2.24, 2.45) is 0 Å². The Bertz CT molecular complexity index is 5870. The van der Waals surface area contributed by atoms with Crippen LogP contribution in [0.5, 0.6) is 0 Å². The minimum Gasteiger partial charge on any atom is -0.456 e. The Hall–Kier alpha value is -11.8. The predicted octanol–water partition coefficient (Wildman–Crippen LogP) is 21.1. The molecule has 7 heteroatoms. The van der Waals surface area contributed by atoms with Crippen molar-refractivity contribution in [2.75, 3.05) is 0 Å². The molecular weight excluding hydrogens is 1070 g/mol. The van der Waals surface area contributed by atoms with Crippen LogP contribution in [0.25, 0.3) is 170 Å². The van der Waals surface area contributed by atoms with Gasteiger partial charge in [0.05, 0.1) is 21.8 Å². The van der Waals surface area contributed by atoms with Crippen LogP contribution in [0.2, 0.25) is 0 Å². The predicted molar refractivity (Wildman–Crippen MR) is 356 cm³/mol. The molecule has 0 spiro atoms. The Kier molecular flexibility index (Phi) is 11.4. The Morgan fingerprint density at radius 3 is 1.31 bits per heavy atom. The third kappa shape index (κ3) is 8.35. The normalized spacial score (nSPS) is 11.8. The molecule has 18 rings (SSSR count). The van der Waals surface area contributed by atoms with E-state index in [2.05, 4.69) is 168 Å². The quantitative estimate of drug-likeness (QED) is 0.122. The van der Waals surface area contributed by atoms with E-state index in [1.165, 1.54) is 0 Å². The highest BCUT2D eigenvalue weighted by Gasteiger charge is 2.20. The van der Waals surface area contributed by atoms with Gasteiger partial charge in [-0.05, 0) is 163 Å². The molecule has 0 atom stereocenters. The highest BCUT2D eigenvalue weighted by molar-refractivity contribution is 6.19. The van der Waals surface area contributed by atoms with Crippen molar-refractivity contribution in [1.82, 2.24) is 4.57 Å². The highest BCUT2D eigenvalue weighted by atomic mass is 16.4. The van der Waals surface area contributed by atoms with E-state index in [4.69, 9.17) is 17.7 Å². The molecule has 0 unspecified atom stereocenters. The SMILES string of the molecule is O=c1oc2cc(-c3cccc4oc5ccccc5c34)ccc2c2ccc(-c3cc(-c4ccccc4)cc(-c4ccccc4)c3)cc12.O=c1oc2ccccc2c2ccc(-c3ccc4c(c3)c3cc5c(cc3n4-c3ccccc3)oc3ccccc35)cc12. The van der Waals surface area contributed by atoms with Crippen LogP contribution < -0.4 is 11.3 Å². The van der Waals surface area contributed by atoms with Gasteiger partial charge in [-0.15, -0.1) is 0 Å². The van der Waals surface area contributed by atoms with Crippen molar-refractivity contribution in [3.05, 3.63) is 306 Å². The van der Waals surface area contributed by atoms with Crippen molar-refractivity contribution in [1.29, 1.82) is 0 Å². The lowest BCUT2D eigenvalue weighted by molar-refractivity contribution is 0.569. The van der Waals surface area contributed by atoms with Gasteiger partial charge >= 0.3 is 11.3 Å². The third-order valence-electron chi connectivity index (χ3n) is 17.1. The lowest BCUT2D eigenvalue weighted by Gasteiger charge is -2.12. The number of fused-ring (bicyclic) bond motifs is 15. The number of benzene rings is 13. The van der Waals surface area contributed by atoms with Crippen LogP contribution >= 0.6 is 0 Å². The summed E-state index contributed by atoms with van der Waals surface area (Å²) in [6.45, 7) is 0. The monoisotopic (exact) mass is 1120 g/mol. The molecule has 0 amide bonds. The maximum atomic E-state index is 13.6. The molecule has 5 heterocycles. The fourth-order valence-corrected chi connectivity index (χ4v) is 13.0. The first kappa shape index (κ1) is 49.8. The summed E-state index contributed by atoms with van der Waals surface area (Å²) in [5.41, 5.74) is 17.7. The van der Waals surface area contributed by atoms with E-state index in [1.807, 2.05) is 121 Å². The first-order valence-corrected chi connectivity index (χ1v) is 29.0. The average Bonchev–Trinajstić information content (AvgIpc) is 2.05. The number of hydrogen-bond donors (Lipinski definition) is 0. The Morgan fingerprint density at radius 1 is 0.218 bits per heavy atom. The van der Waals surface area contributed by atoms with Gasteiger partial charge in [0.2, 0.25) is 0 Å². The van der Waals surface area contributed by atoms with E-state index >= 15 is 0 Å². The molecule has 18 aromatic rings. The van der Waals surface area contributed by atoms with Crippen LogP contribution in [-0.2, 0) is 0 Å². The molecule has 0 N–H and O–H groups in total. The van der Waals surface area contributed by atoms with E-state index in [9.17, 15) is 9.59 Å². The maximum Gasteiger partial charge on any atom is 0.344 e. The summed E-state index contributed by atoms with van der Waals surface area (Å²) >= 11 is 0. The number of nitrogens with zero attached hydrogens (tertiary/aromatic N) is 1. The van der Waals surface area contributed by atoms with Gasteiger partial charge in [-0.25, -0.2) is 9.59 Å². The molecule has 0 saturated carbocycles. The van der Waals surface area contributed by atoms with Gasteiger partial charge in [-0.1, -0.05) is 182 Å². The van der Waals surface area contributed by atoms with E-state index < -0.39 is 0 Å². The first-order valence-electron chi connectivity index (χ1n) is 29.0. The summed E-state index contributed by atoms with van der Waals surface area (Å²) in [6, 6.07) is 97.0. The van der Waals surface area contributed by atoms with Crippen LogP contribution in [0, 0.1) is 0 Å². The summed E-state index contributed by atoms with van der Waals surface area (Å²) in [5, 5.41) is 11.4. The number of hydrogen-bond acceptors (Lipinski definition) is 6. The molecule has 0 aliphatic rings. The summed E-state index contributed by atoms with van der Waals surface area (Å²) in [6.07, 6.45) is 0. The number of aromatic nitrogens is 1. The van der Waals surface area contributed by atoms with Gasteiger partial charge < -0.3 is 22.2 Å². The Balaban J connectivity index is 0.000000136. The zero-order valence-corrected chi connectivity index (χ0v) is 46.5. The van der Waals surface area contributed by atoms with Crippen molar-refractivity contribution < 1.29 is 17.7 Å². The minimum absolute atomic E-state index is 0.323. The fourth-order valence-electron chi connectivity index (χ4n) is 13.0. The molecule has 0 bridgehead atoms. The number of rotatable bonds is 6. The van der Waals surface area contributed by atoms with Crippen LogP contribution in [0.1, 0.15) is 0 Å². The smallest absolute Gasteiger partial charge is 0.344 e. The molecule has 408 valence electrons. The maximum absolute atomic E-state index is 13.6. The number of furan rings is 2. The second-order valence-corrected chi connectivity index (χ2v) is 22.2. The van der Waals surface area contributed by atoms with Gasteiger partial charge in [0, 0.05) is 54.8 Å².